The van der Waals surface area contributed by atoms with Gasteiger partial charge in [-0.1, -0.05) is 39.0 Å². The fourth-order valence-electron chi connectivity index (χ4n) is 2.86. The first-order valence-electron chi connectivity index (χ1n) is 9.03. The molecule has 0 saturated carbocycles. The summed E-state index contributed by atoms with van der Waals surface area (Å²) in [4.78, 5) is 8.94. The molecule has 0 spiro atoms. The Labute approximate surface area is 144 Å². The van der Waals surface area contributed by atoms with E-state index in [1.165, 1.54) is 0 Å². The van der Waals surface area contributed by atoms with Gasteiger partial charge in [0.2, 0.25) is 5.71 Å². The van der Waals surface area contributed by atoms with E-state index in [0.717, 1.165) is 27.6 Å². The summed E-state index contributed by atoms with van der Waals surface area (Å²) >= 11 is 0. The van der Waals surface area contributed by atoms with E-state index in [1.54, 1.807) is 12.3 Å². The molecular weight excluding hydrogens is 296 g/mol. The fraction of sp³-hybridized carbons (Fsp3) is 0.238. The standard InChI is InChI=1S/C21H20N2O/c1-21(2,3)13-14-10-11-16-15-7-6-8-17(18-9-4-5-12-22-18)19(15)24-20(16)23-14/h4-12H,13H2,1-3H3/i13D2. The highest BCUT2D eigenvalue weighted by atomic mass is 16.3. The van der Waals surface area contributed by atoms with Crippen LogP contribution in [0, 0.1) is 5.41 Å². The third-order valence-corrected chi connectivity index (χ3v) is 3.81. The molecule has 0 atom stereocenters. The van der Waals surface area contributed by atoms with Crippen molar-refractivity contribution < 1.29 is 7.16 Å². The highest BCUT2D eigenvalue weighted by molar-refractivity contribution is 6.08. The zero-order valence-electron chi connectivity index (χ0n) is 16.0. The molecule has 0 fully saturated rings. The topological polar surface area (TPSA) is 38.9 Å². The lowest BCUT2D eigenvalue weighted by molar-refractivity contribution is 0.406. The Morgan fingerprint density at radius 2 is 1.88 bits per heavy atom. The Hall–Kier alpha value is -2.68. The number of nitrogens with zero attached hydrogens (tertiary/aromatic N) is 2. The van der Waals surface area contributed by atoms with Crippen molar-refractivity contribution in [3.8, 4) is 11.3 Å². The molecular formula is C21H20N2O. The minimum absolute atomic E-state index is 0.385. The molecule has 0 bridgehead atoms. The number of furan rings is 1. The average Bonchev–Trinajstić information content (AvgIpc) is 2.99. The van der Waals surface area contributed by atoms with Crippen molar-refractivity contribution in [3.05, 3.63) is 60.4 Å². The Morgan fingerprint density at radius 1 is 1.00 bits per heavy atom. The van der Waals surface area contributed by atoms with Gasteiger partial charge in [-0.2, -0.15) is 0 Å². The molecule has 0 saturated heterocycles. The molecule has 0 aliphatic carbocycles. The largest absolute Gasteiger partial charge is 0.437 e. The normalized spacial score (nSPS) is 14.0. The lowest BCUT2D eigenvalue weighted by atomic mass is 9.90. The van der Waals surface area contributed by atoms with Gasteiger partial charge in [-0.3, -0.25) is 4.98 Å². The van der Waals surface area contributed by atoms with Gasteiger partial charge in [0.25, 0.3) is 0 Å². The summed E-state index contributed by atoms with van der Waals surface area (Å²) in [6.45, 7) is 5.62. The summed E-state index contributed by atoms with van der Waals surface area (Å²) in [6, 6.07) is 15.4. The van der Waals surface area contributed by atoms with E-state index in [-0.39, 0.29) is 0 Å². The molecule has 0 amide bonds. The van der Waals surface area contributed by atoms with Crippen molar-refractivity contribution in [1.82, 2.24) is 9.97 Å². The van der Waals surface area contributed by atoms with Crippen LogP contribution in [-0.4, -0.2) is 9.97 Å². The Kier molecular flexibility index (Phi) is 2.88. The molecule has 0 N–H and O–H groups in total. The van der Waals surface area contributed by atoms with E-state index < -0.39 is 11.8 Å². The summed E-state index contributed by atoms with van der Waals surface area (Å²) in [5.74, 6) is 0. The van der Waals surface area contributed by atoms with Crippen LogP contribution >= 0.6 is 0 Å². The summed E-state index contributed by atoms with van der Waals surface area (Å²) in [5.41, 5.74) is 2.73. The number of hydrogen-bond acceptors (Lipinski definition) is 3. The third-order valence-electron chi connectivity index (χ3n) is 3.81. The van der Waals surface area contributed by atoms with E-state index >= 15 is 0 Å². The van der Waals surface area contributed by atoms with Crippen LogP contribution in [0.4, 0.5) is 0 Å². The average molecular weight is 318 g/mol. The summed E-state index contributed by atoms with van der Waals surface area (Å²) in [6.07, 6.45) is 0.190. The first-order chi connectivity index (χ1) is 12.3. The molecule has 3 heteroatoms. The van der Waals surface area contributed by atoms with Crippen LogP contribution in [0.2, 0.25) is 0 Å². The van der Waals surface area contributed by atoms with Crippen LogP contribution in [0.1, 0.15) is 29.2 Å². The van der Waals surface area contributed by atoms with E-state index in [2.05, 4.69) is 9.97 Å². The maximum Gasteiger partial charge on any atom is 0.227 e. The molecule has 4 aromatic rings. The molecule has 3 nitrogen and oxygen atoms in total. The lowest BCUT2D eigenvalue weighted by Gasteiger charge is -2.16. The van der Waals surface area contributed by atoms with Crippen molar-refractivity contribution >= 4 is 22.1 Å². The molecule has 24 heavy (non-hydrogen) atoms. The Balaban J connectivity index is 1.95. The number of pyridine rings is 2. The zero-order valence-corrected chi connectivity index (χ0v) is 14.0. The van der Waals surface area contributed by atoms with Gasteiger partial charge in [-0.15, -0.1) is 0 Å². The molecule has 3 aromatic heterocycles. The van der Waals surface area contributed by atoms with Crippen molar-refractivity contribution in [2.45, 2.75) is 27.1 Å². The van der Waals surface area contributed by atoms with Gasteiger partial charge in [0.1, 0.15) is 5.58 Å². The van der Waals surface area contributed by atoms with Gasteiger partial charge in [-0.05, 0) is 42.1 Å². The van der Waals surface area contributed by atoms with Gasteiger partial charge >= 0.3 is 0 Å². The smallest absolute Gasteiger partial charge is 0.227 e. The SMILES string of the molecule is [2H]C([2H])(c1ccc2c(n1)oc1c(-c3ccccn3)cccc12)C(C)(C)C. The predicted octanol–water partition coefficient (Wildman–Crippen LogP) is 5.63. The van der Waals surface area contributed by atoms with E-state index in [0.29, 0.717) is 11.4 Å². The molecule has 4 rings (SSSR count). The monoisotopic (exact) mass is 318 g/mol. The predicted molar refractivity (Wildman–Crippen MR) is 97.9 cm³/mol. The second-order valence-corrected chi connectivity index (χ2v) is 6.92. The molecule has 0 radical (unpaired) electrons. The van der Waals surface area contributed by atoms with Crippen LogP contribution in [0.5, 0.6) is 0 Å². The summed E-state index contributed by atoms with van der Waals surface area (Å²) in [7, 11) is 0. The maximum absolute atomic E-state index is 8.46. The second-order valence-electron chi connectivity index (χ2n) is 6.92. The van der Waals surface area contributed by atoms with Crippen molar-refractivity contribution in [1.29, 1.82) is 0 Å². The number of hydrogen-bond donors (Lipinski definition) is 0. The quantitative estimate of drug-likeness (QED) is 0.480. The van der Waals surface area contributed by atoms with Gasteiger partial charge in [0.15, 0.2) is 0 Å². The number of aromatic nitrogens is 2. The number of benzene rings is 1. The first kappa shape index (κ1) is 12.7. The fourth-order valence-corrected chi connectivity index (χ4v) is 2.86. The molecule has 3 heterocycles. The number of para-hydroxylation sites is 1. The molecule has 0 aliphatic rings. The van der Waals surface area contributed by atoms with Crippen molar-refractivity contribution in [2.24, 2.45) is 5.41 Å². The summed E-state index contributed by atoms with van der Waals surface area (Å²) in [5, 5.41) is 1.84. The van der Waals surface area contributed by atoms with Gasteiger partial charge in [0.05, 0.1) is 5.69 Å². The Bertz CT molecular complexity index is 1100. The van der Waals surface area contributed by atoms with E-state index in [4.69, 9.17) is 7.16 Å². The van der Waals surface area contributed by atoms with Crippen LogP contribution in [0.3, 0.4) is 0 Å². The van der Waals surface area contributed by atoms with Crippen LogP contribution in [0.25, 0.3) is 33.3 Å². The zero-order chi connectivity index (χ0) is 18.5. The van der Waals surface area contributed by atoms with Crippen molar-refractivity contribution in [2.75, 3.05) is 0 Å². The minimum Gasteiger partial charge on any atom is -0.437 e. The van der Waals surface area contributed by atoms with Crippen molar-refractivity contribution in [3.63, 3.8) is 0 Å². The van der Waals surface area contributed by atoms with E-state index in [9.17, 15) is 0 Å². The summed E-state index contributed by atoms with van der Waals surface area (Å²) < 4.78 is 23.0. The van der Waals surface area contributed by atoms with Gasteiger partial charge in [0, 0.05) is 31.0 Å². The highest BCUT2D eigenvalue weighted by Gasteiger charge is 2.16. The highest BCUT2D eigenvalue weighted by Crippen LogP contribution is 2.34. The Morgan fingerprint density at radius 3 is 2.62 bits per heavy atom. The van der Waals surface area contributed by atoms with Crippen LogP contribution < -0.4 is 0 Å². The van der Waals surface area contributed by atoms with E-state index in [1.807, 2.05) is 63.2 Å². The molecule has 120 valence electrons. The van der Waals surface area contributed by atoms with Gasteiger partial charge in [-0.25, -0.2) is 4.98 Å². The van der Waals surface area contributed by atoms with Gasteiger partial charge < -0.3 is 4.42 Å². The molecule has 0 aliphatic heterocycles. The maximum atomic E-state index is 8.46. The lowest BCUT2D eigenvalue weighted by Crippen LogP contribution is -2.10. The van der Waals surface area contributed by atoms with Crippen LogP contribution in [-0.2, 0) is 6.37 Å². The molecule has 0 unspecified atom stereocenters. The number of rotatable bonds is 2. The minimum atomic E-state index is -1.57. The third kappa shape index (κ3) is 2.67. The second kappa shape index (κ2) is 5.45. The van der Waals surface area contributed by atoms with Crippen LogP contribution in [0.15, 0.2) is 59.1 Å². The first-order valence-corrected chi connectivity index (χ1v) is 8.03. The number of fused-ring (bicyclic) bond motifs is 3. The molecule has 1 aromatic carbocycles.